The van der Waals surface area contributed by atoms with Crippen molar-refractivity contribution >= 4 is 45.0 Å². The largest absolute Gasteiger partial charge is 0.493 e. The van der Waals surface area contributed by atoms with Crippen LogP contribution >= 0.6 is 27.5 Å². The van der Waals surface area contributed by atoms with Crippen LogP contribution in [0.5, 0.6) is 5.75 Å². The van der Waals surface area contributed by atoms with Crippen molar-refractivity contribution in [1.29, 1.82) is 0 Å². The molecule has 0 aliphatic heterocycles. The third kappa shape index (κ3) is 5.47. The second-order valence-electron chi connectivity index (χ2n) is 6.05. The first-order valence-corrected chi connectivity index (χ1v) is 9.47. The standard InChI is InChI=1S/C19H18BrClN2O3/c20-12-2-1-3-15(10-12)26-9-8-18(24)22-14-6-7-16(17(21)11-14)19(25)23-13-4-5-13/h1-3,6-7,10-11,13H,4-5,8-9H2,(H,22,24)(H,23,25). The number of carbonyl (C=O) groups is 2. The predicted molar refractivity (Wildman–Crippen MR) is 105 cm³/mol. The minimum absolute atomic E-state index is 0.183. The second-order valence-corrected chi connectivity index (χ2v) is 7.37. The van der Waals surface area contributed by atoms with Gasteiger partial charge in [0.05, 0.1) is 23.6 Å². The lowest BCUT2D eigenvalue weighted by Gasteiger charge is -2.10. The van der Waals surface area contributed by atoms with Crippen molar-refractivity contribution in [3.05, 3.63) is 57.5 Å². The van der Waals surface area contributed by atoms with E-state index in [-0.39, 0.29) is 30.9 Å². The van der Waals surface area contributed by atoms with Crippen molar-refractivity contribution in [2.45, 2.75) is 25.3 Å². The van der Waals surface area contributed by atoms with E-state index in [1.54, 1.807) is 18.2 Å². The average molecular weight is 438 g/mol. The molecule has 0 spiro atoms. The Labute approximate surface area is 165 Å². The van der Waals surface area contributed by atoms with Gasteiger partial charge >= 0.3 is 0 Å². The van der Waals surface area contributed by atoms with Crippen LogP contribution in [-0.2, 0) is 4.79 Å². The van der Waals surface area contributed by atoms with Crippen LogP contribution in [0.15, 0.2) is 46.9 Å². The number of ether oxygens (including phenoxy) is 1. The van der Waals surface area contributed by atoms with E-state index in [9.17, 15) is 9.59 Å². The van der Waals surface area contributed by atoms with Gasteiger partial charge in [-0.2, -0.15) is 0 Å². The highest BCUT2D eigenvalue weighted by Gasteiger charge is 2.24. The Bertz CT molecular complexity index is 824. The fourth-order valence-electron chi connectivity index (χ4n) is 2.31. The van der Waals surface area contributed by atoms with Gasteiger partial charge in [-0.25, -0.2) is 0 Å². The van der Waals surface area contributed by atoms with Crippen LogP contribution in [0.25, 0.3) is 0 Å². The molecular weight excluding hydrogens is 420 g/mol. The fraction of sp³-hybridized carbons (Fsp3) is 0.263. The Hall–Kier alpha value is -2.05. The number of halogens is 2. The normalized spacial score (nSPS) is 13.2. The van der Waals surface area contributed by atoms with Gasteiger partial charge in [-0.1, -0.05) is 33.6 Å². The number of nitrogens with one attached hydrogen (secondary N) is 2. The monoisotopic (exact) mass is 436 g/mol. The molecule has 2 aromatic carbocycles. The van der Waals surface area contributed by atoms with Gasteiger partial charge in [-0.05, 0) is 49.2 Å². The molecule has 0 bridgehead atoms. The van der Waals surface area contributed by atoms with Crippen molar-refractivity contribution in [2.24, 2.45) is 0 Å². The molecule has 3 rings (SSSR count). The Morgan fingerprint density at radius 1 is 1.19 bits per heavy atom. The second kappa shape index (κ2) is 8.56. The molecule has 2 amide bonds. The van der Waals surface area contributed by atoms with Crippen LogP contribution < -0.4 is 15.4 Å². The lowest BCUT2D eigenvalue weighted by molar-refractivity contribution is -0.116. The number of carbonyl (C=O) groups excluding carboxylic acids is 2. The zero-order chi connectivity index (χ0) is 18.5. The lowest BCUT2D eigenvalue weighted by Crippen LogP contribution is -2.25. The zero-order valence-electron chi connectivity index (χ0n) is 13.9. The van der Waals surface area contributed by atoms with Crippen LogP contribution in [-0.4, -0.2) is 24.5 Å². The summed E-state index contributed by atoms with van der Waals surface area (Å²) in [6.07, 6.45) is 2.23. The SMILES string of the molecule is O=C(CCOc1cccc(Br)c1)Nc1ccc(C(=O)NC2CC2)c(Cl)c1. The van der Waals surface area contributed by atoms with E-state index in [0.717, 1.165) is 17.3 Å². The molecule has 2 aromatic rings. The van der Waals surface area contributed by atoms with Gasteiger partial charge in [0.25, 0.3) is 5.91 Å². The number of benzene rings is 2. The molecule has 0 radical (unpaired) electrons. The van der Waals surface area contributed by atoms with Crippen LogP contribution in [0.1, 0.15) is 29.6 Å². The maximum absolute atomic E-state index is 12.0. The molecule has 1 saturated carbocycles. The van der Waals surface area contributed by atoms with Gasteiger partial charge in [-0.15, -0.1) is 0 Å². The topological polar surface area (TPSA) is 67.4 Å². The first-order valence-electron chi connectivity index (χ1n) is 8.30. The molecule has 0 heterocycles. The first kappa shape index (κ1) is 18.7. The van der Waals surface area contributed by atoms with Gasteiger partial charge in [-0.3, -0.25) is 9.59 Å². The molecule has 0 unspecified atom stereocenters. The third-order valence-corrected chi connectivity index (χ3v) is 4.61. The van der Waals surface area contributed by atoms with E-state index >= 15 is 0 Å². The lowest BCUT2D eigenvalue weighted by atomic mass is 10.2. The summed E-state index contributed by atoms with van der Waals surface area (Å²) >= 11 is 9.54. The van der Waals surface area contributed by atoms with E-state index in [1.807, 2.05) is 24.3 Å². The van der Waals surface area contributed by atoms with E-state index < -0.39 is 0 Å². The Balaban J connectivity index is 1.49. The number of hydrogen-bond acceptors (Lipinski definition) is 3. The highest BCUT2D eigenvalue weighted by atomic mass is 79.9. The number of amides is 2. The van der Waals surface area contributed by atoms with Crippen molar-refractivity contribution in [3.63, 3.8) is 0 Å². The molecule has 26 heavy (non-hydrogen) atoms. The number of rotatable bonds is 7. The summed E-state index contributed by atoms with van der Waals surface area (Å²) in [6, 6.07) is 12.6. The van der Waals surface area contributed by atoms with Gasteiger partial charge in [0.15, 0.2) is 0 Å². The molecule has 1 fully saturated rings. The predicted octanol–water partition coefficient (Wildman–Crippen LogP) is 4.40. The molecule has 0 atom stereocenters. The van der Waals surface area contributed by atoms with Crippen molar-refractivity contribution < 1.29 is 14.3 Å². The van der Waals surface area contributed by atoms with Crippen LogP contribution in [0.3, 0.4) is 0 Å². The van der Waals surface area contributed by atoms with Gasteiger partial charge in [0, 0.05) is 16.2 Å². The quantitative estimate of drug-likeness (QED) is 0.674. The van der Waals surface area contributed by atoms with Crippen molar-refractivity contribution in [2.75, 3.05) is 11.9 Å². The summed E-state index contributed by atoms with van der Waals surface area (Å²) in [5.74, 6) is 0.324. The molecule has 0 aromatic heterocycles. The summed E-state index contributed by atoms with van der Waals surface area (Å²) in [5.41, 5.74) is 0.958. The number of hydrogen-bond donors (Lipinski definition) is 2. The van der Waals surface area contributed by atoms with Gasteiger partial charge < -0.3 is 15.4 Å². The van der Waals surface area contributed by atoms with E-state index in [2.05, 4.69) is 26.6 Å². The third-order valence-electron chi connectivity index (χ3n) is 3.80. The minimum Gasteiger partial charge on any atom is -0.493 e. The summed E-state index contributed by atoms with van der Waals surface area (Å²) in [6.45, 7) is 0.262. The Morgan fingerprint density at radius 3 is 2.69 bits per heavy atom. The van der Waals surface area contributed by atoms with Crippen LogP contribution in [0.2, 0.25) is 5.02 Å². The summed E-state index contributed by atoms with van der Waals surface area (Å²) in [5, 5.41) is 5.95. The van der Waals surface area contributed by atoms with Crippen molar-refractivity contribution in [1.82, 2.24) is 5.32 Å². The summed E-state index contributed by atoms with van der Waals surface area (Å²) in [7, 11) is 0. The highest BCUT2D eigenvalue weighted by Crippen LogP contribution is 2.24. The summed E-state index contributed by atoms with van der Waals surface area (Å²) < 4.78 is 6.46. The van der Waals surface area contributed by atoms with Crippen LogP contribution in [0, 0.1) is 0 Å². The van der Waals surface area contributed by atoms with Gasteiger partial charge in [0.2, 0.25) is 5.91 Å². The first-order chi connectivity index (χ1) is 12.5. The smallest absolute Gasteiger partial charge is 0.253 e. The van der Waals surface area contributed by atoms with Crippen LogP contribution in [0.4, 0.5) is 5.69 Å². The molecule has 1 aliphatic rings. The fourth-order valence-corrected chi connectivity index (χ4v) is 2.95. The summed E-state index contributed by atoms with van der Waals surface area (Å²) in [4.78, 5) is 24.1. The molecule has 7 heteroatoms. The van der Waals surface area contributed by atoms with Crippen molar-refractivity contribution in [3.8, 4) is 5.75 Å². The Kier molecular flexibility index (Phi) is 6.16. The van der Waals surface area contributed by atoms with Gasteiger partial charge in [0.1, 0.15) is 5.75 Å². The minimum atomic E-state index is -0.189. The molecule has 1 aliphatic carbocycles. The highest BCUT2D eigenvalue weighted by molar-refractivity contribution is 9.10. The molecule has 2 N–H and O–H groups in total. The van der Waals surface area contributed by atoms with E-state index in [0.29, 0.717) is 22.0 Å². The van der Waals surface area contributed by atoms with E-state index in [1.165, 1.54) is 0 Å². The molecular formula is C19H18BrClN2O3. The average Bonchev–Trinajstić information content (AvgIpc) is 3.39. The van der Waals surface area contributed by atoms with E-state index in [4.69, 9.17) is 16.3 Å². The molecule has 5 nitrogen and oxygen atoms in total. The maximum Gasteiger partial charge on any atom is 0.253 e. The molecule has 0 saturated heterocycles. The zero-order valence-corrected chi connectivity index (χ0v) is 16.3. The maximum atomic E-state index is 12.0. The molecule has 136 valence electrons. The number of anilines is 1. The Morgan fingerprint density at radius 2 is 2.00 bits per heavy atom.